The zero-order valence-electron chi connectivity index (χ0n) is 13.9. The summed E-state index contributed by atoms with van der Waals surface area (Å²) in [5.41, 5.74) is 0. The molecule has 6 nitrogen and oxygen atoms in total. The lowest BCUT2D eigenvalue weighted by molar-refractivity contribution is 0.415. The maximum Gasteiger partial charge on any atom is 0.229 e. The highest BCUT2D eigenvalue weighted by molar-refractivity contribution is 5.90. The van der Waals surface area contributed by atoms with E-state index in [2.05, 4.69) is 20.5 Å². The molecule has 26 heavy (non-hydrogen) atoms. The number of methoxy groups -OCH3 is 1. The van der Waals surface area contributed by atoms with Gasteiger partial charge < -0.3 is 14.8 Å². The predicted octanol–water partition coefficient (Wildman–Crippen LogP) is 4.64. The van der Waals surface area contributed by atoms with Gasteiger partial charge in [-0.2, -0.15) is 10.1 Å². The maximum absolute atomic E-state index is 13.5. The van der Waals surface area contributed by atoms with Crippen LogP contribution < -0.4 is 14.8 Å². The van der Waals surface area contributed by atoms with E-state index in [1.165, 1.54) is 12.1 Å². The number of anilines is 2. The lowest BCUT2D eigenvalue weighted by Crippen LogP contribution is -1.98. The van der Waals surface area contributed by atoms with E-state index in [1.807, 2.05) is 24.3 Å². The number of fused-ring (bicyclic) bond motifs is 1. The van der Waals surface area contributed by atoms with Crippen LogP contribution in [0.1, 0.15) is 0 Å². The summed E-state index contributed by atoms with van der Waals surface area (Å²) in [6, 6.07) is 15.2. The monoisotopic (exact) mass is 350 g/mol. The first-order valence-corrected chi connectivity index (χ1v) is 7.90. The van der Waals surface area contributed by atoms with Crippen molar-refractivity contribution in [3.8, 4) is 17.4 Å². The number of aromatic amines is 1. The molecule has 4 rings (SSSR count). The molecule has 2 N–H and O–H groups in total. The molecule has 0 spiro atoms. The summed E-state index contributed by atoms with van der Waals surface area (Å²) in [6.07, 6.45) is 1.64. The first-order chi connectivity index (χ1) is 12.7. The molecule has 130 valence electrons. The lowest BCUT2D eigenvalue weighted by atomic mass is 10.1. The minimum atomic E-state index is -0.375. The maximum atomic E-state index is 13.5. The topological polar surface area (TPSA) is 72.1 Å². The van der Waals surface area contributed by atoms with Gasteiger partial charge in [0.15, 0.2) is 0 Å². The van der Waals surface area contributed by atoms with Gasteiger partial charge in [-0.05, 0) is 41.8 Å². The van der Waals surface area contributed by atoms with Crippen molar-refractivity contribution in [2.24, 2.45) is 0 Å². The van der Waals surface area contributed by atoms with Crippen LogP contribution in [0, 0.1) is 5.82 Å². The van der Waals surface area contributed by atoms with Crippen LogP contribution in [-0.4, -0.2) is 22.3 Å². The van der Waals surface area contributed by atoms with Crippen LogP contribution in [-0.2, 0) is 0 Å². The summed E-state index contributed by atoms with van der Waals surface area (Å²) in [5.74, 6) is 2.32. The number of hydrogen-bond donors (Lipinski definition) is 2. The highest BCUT2D eigenvalue weighted by atomic mass is 19.1. The van der Waals surface area contributed by atoms with Gasteiger partial charge in [0, 0.05) is 17.5 Å². The molecule has 2 aromatic carbocycles. The van der Waals surface area contributed by atoms with E-state index < -0.39 is 0 Å². The third kappa shape index (κ3) is 3.27. The summed E-state index contributed by atoms with van der Waals surface area (Å²) >= 11 is 0. The van der Waals surface area contributed by atoms with Crippen molar-refractivity contribution in [1.29, 1.82) is 0 Å². The normalized spacial score (nSPS) is 10.7. The molecule has 0 unspecified atom stereocenters. The molecule has 0 aliphatic heterocycles. The first kappa shape index (κ1) is 15.9. The Labute approximate surface area is 148 Å². The van der Waals surface area contributed by atoms with Crippen molar-refractivity contribution in [3.63, 3.8) is 0 Å². The van der Waals surface area contributed by atoms with Gasteiger partial charge in [0.25, 0.3) is 0 Å². The van der Waals surface area contributed by atoms with Gasteiger partial charge in [0.1, 0.15) is 29.0 Å². The molecular formula is C19H15FN4O2. The van der Waals surface area contributed by atoms with E-state index in [4.69, 9.17) is 9.47 Å². The van der Waals surface area contributed by atoms with E-state index in [1.54, 1.807) is 31.5 Å². The summed E-state index contributed by atoms with van der Waals surface area (Å²) in [7, 11) is 1.61. The second-order valence-corrected chi connectivity index (χ2v) is 5.55. The highest BCUT2D eigenvalue weighted by Crippen LogP contribution is 2.33. The minimum absolute atomic E-state index is 0.359. The number of rotatable bonds is 5. The Morgan fingerprint density at radius 2 is 1.96 bits per heavy atom. The number of pyridine rings is 1. The number of nitrogens with one attached hydrogen (secondary N) is 2. The van der Waals surface area contributed by atoms with Gasteiger partial charge in [0.2, 0.25) is 5.88 Å². The third-order valence-electron chi connectivity index (χ3n) is 3.78. The van der Waals surface area contributed by atoms with Crippen molar-refractivity contribution in [2.75, 3.05) is 12.4 Å². The highest BCUT2D eigenvalue weighted by Gasteiger charge is 2.11. The first-order valence-electron chi connectivity index (χ1n) is 7.90. The van der Waals surface area contributed by atoms with Gasteiger partial charge in [-0.1, -0.05) is 6.07 Å². The molecule has 0 fully saturated rings. The number of nitrogens with zero attached hydrogens (tertiary/aromatic N) is 2. The molecule has 0 atom stereocenters. The van der Waals surface area contributed by atoms with Crippen LogP contribution in [0.15, 0.2) is 60.8 Å². The van der Waals surface area contributed by atoms with Crippen LogP contribution in [0.5, 0.6) is 17.4 Å². The molecule has 2 aromatic heterocycles. The fourth-order valence-corrected chi connectivity index (χ4v) is 2.58. The molecule has 0 radical (unpaired) electrons. The molecule has 0 aliphatic carbocycles. The molecule has 0 aliphatic rings. The summed E-state index contributed by atoms with van der Waals surface area (Å²) in [4.78, 5) is 4.51. The minimum Gasteiger partial charge on any atom is -0.497 e. The Hall–Kier alpha value is -3.61. The van der Waals surface area contributed by atoms with Crippen LogP contribution in [0.4, 0.5) is 16.0 Å². The largest absolute Gasteiger partial charge is 0.497 e. The van der Waals surface area contributed by atoms with E-state index >= 15 is 0 Å². The van der Waals surface area contributed by atoms with Crippen LogP contribution >= 0.6 is 0 Å². The molecule has 0 saturated heterocycles. The number of halogens is 1. The molecule has 4 aromatic rings. The van der Waals surface area contributed by atoms with E-state index in [0.29, 0.717) is 29.0 Å². The molecule has 2 heterocycles. The van der Waals surface area contributed by atoms with Gasteiger partial charge >= 0.3 is 0 Å². The Balaban J connectivity index is 1.80. The van der Waals surface area contributed by atoms with Crippen molar-refractivity contribution in [1.82, 2.24) is 15.2 Å². The van der Waals surface area contributed by atoms with Crippen LogP contribution in [0.3, 0.4) is 0 Å². The number of ether oxygens (including phenoxy) is 2. The number of H-pyrrole nitrogens is 1. The van der Waals surface area contributed by atoms with Gasteiger partial charge in [-0.15, -0.1) is 0 Å². The molecular weight excluding hydrogens is 335 g/mol. The average Bonchev–Trinajstić information content (AvgIpc) is 3.14. The third-order valence-corrected chi connectivity index (χ3v) is 3.78. The van der Waals surface area contributed by atoms with Crippen molar-refractivity contribution in [2.45, 2.75) is 0 Å². The summed E-state index contributed by atoms with van der Waals surface area (Å²) in [5, 5.41) is 11.5. The predicted molar refractivity (Wildman–Crippen MR) is 96.6 cm³/mol. The Morgan fingerprint density at radius 3 is 2.73 bits per heavy atom. The average molecular weight is 350 g/mol. The van der Waals surface area contributed by atoms with Crippen molar-refractivity contribution in [3.05, 3.63) is 66.6 Å². The zero-order valence-corrected chi connectivity index (χ0v) is 13.9. The second-order valence-electron chi connectivity index (χ2n) is 5.55. The van der Waals surface area contributed by atoms with E-state index in [-0.39, 0.29) is 5.82 Å². The lowest BCUT2D eigenvalue weighted by Gasteiger charge is -2.12. The van der Waals surface area contributed by atoms with Crippen molar-refractivity contribution < 1.29 is 13.9 Å². The number of benzene rings is 2. The standard InChI is InChI=1S/C19H15FN4O2/c1-25-14-5-6-16-12(9-14)10-18(22-17-7-8-21-24-17)23-19(16)26-15-4-2-3-13(20)11-15/h2-11H,1H3,(H2,21,22,23,24). The fraction of sp³-hybridized carbons (Fsp3) is 0.0526. The van der Waals surface area contributed by atoms with Crippen LogP contribution in [0.25, 0.3) is 10.8 Å². The van der Waals surface area contributed by atoms with E-state index in [9.17, 15) is 4.39 Å². The SMILES string of the molecule is COc1ccc2c(Oc3cccc(F)c3)nc(Nc3ccn[nH]3)cc2c1. The summed E-state index contributed by atoms with van der Waals surface area (Å²) < 4.78 is 24.6. The van der Waals surface area contributed by atoms with Gasteiger partial charge in [-0.3, -0.25) is 5.10 Å². The zero-order chi connectivity index (χ0) is 17.9. The van der Waals surface area contributed by atoms with Crippen molar-refractivity contribution >= 4 is 22.4 Å². The fourth-order valence-electron chi connectivity index (χ4n) is 2.58. The van der Waals surface area contributed by atoms with Crippen LogP contribution in [0.2, 0.25) is 0 Å². The van der Waals surface area contributed by atoms with Gasteiger partial charge in [0.05, 0.1) is 13.3 Å². The van der Waals surface area contributed by atoms with E-state index in [0.717, 1.165) is 10.8 Å². The quantitative estimate of drug-likeness (QED) is 0.548. The number of hydrogen-bond acceptors (Lipinski definition) is 5. The Kier molecular flexibility index (Phi) is 4.10. The molecule has 0 bridgehead atoms. The molecule has 0 saturated carbocycles. The summed E-state index contributed by atoms with van der Waals surface area (Å²) in [6.45, 7) is 0. The Bertz CT molecular complexity index is 1050. The molecule has 7 heteroatoms. The smallest absolute Gasteiger partial charge is 0.229 e. The number of aromatic nitrogens is 3. The molecule has 0 amide bonds. The van der Waals surface area contributed by atoms with Gasteiger partial charge in [-0.25, -0.2) is 4.39 Å². The Morgan fingerprint density at radius 1 is 1.04 bits per heavy atom. The second kappa shape index (κ2) is 6.72.